The molecular formula is C31H21BrClN3O3. The smallest absolute Gasteiger partial charge is 0.310 e. The minimum atomic E-state index is -0.435. The number of hydrogen-bond acceptors (Lipinski definition) is 4. The van der Waals surface area contributed by atoms with Crippen molar-refractivity contribution in [2.75, 3.05) is 0 Å². The maximum absolute atomic E-state index is 13.6. The SMILES string of the molecule is O=C(c1ccc(Br)o1)N1N=C(c2c(-c3ccccc3)c3cc(Cl)ccc3[nH]c2=O)C[C@H]1/C=C/c1ccccc1. The van der Waals surface area contributed by atoms with Gasteiger partial charge in [-0.25, -0.2) is 5.01 Å². The first-order chi connectivity index (χ1) is 19.0. The summed E-state index contributed by atoms with van der Waals surface area (Å²) in [6.07, 6.45) is 4.21. The van der Waals surface area contributed by atoms with E-state index in [0.29, 0.717) is 32.9 Å². The van der Waals surface area contributed by atoms with Gasteiger partial charge in [-0.05, 0) is 57.4 Å². The fourth-order valence-corrected chi connectivity index (χ4v) is 5.28. The van der Waals surface area contributed by atoms with Crippen LogP contribution in [-0.2, 0) is 0 Å². The van der Waals surface area contributed by atoms with Crippen LogP contribution in [0.25, 0.3) is 28.1 Å². The molecule has 192 valence electrons. The van der Waals surface area contributed by atoms with E-state index in [4.69, 9.17) is 21.1 Å². The highest BCUT2D eigenvalue weighted by molar-refractivity contribution is 9.10. The van der Waals surface area contributed by atoms with Crippen molar-refractivity contribution in [3.63, 3.8) is 0 Å². The van der Waals surface area contributed by atoms with Gasteiger partial charge in [-0.2, -0.15) is 5.10 Å². The number of aromatic nitrogens is 1. The molecule has 8 heteroatoms. The molecule has 0 spiro atoms. The number of amides is 1. The lowest BCUT2D eigenvalue weighted by Crippen LogP contribution is -2.31. The maximum atomic E-state index is 13.6. The Labute approximate surface area is 237 Å². The first-order valence-electron chi connectivity index (χ1n) is 12.3. The second kappa shape index (κ2) is 10.5. The van der Waals surface area contributed by atoms with Gasteiger partial charge in [-0.1, -0.05) is 84.4 Å². The van der Waals surface area contributed by atoms with Gasteiger partial charge in [0.15, 0.2) is 10.4 Å². The number of H-pyrrole nitrogens is 1. The lowest BCUT2D eigenvalue weighted by atomic mass is 9.92. The highest BCUT2D eigenvalue weighted by Gasteiger charge is 2.34. The molecule has 1 atom stereocenters. The number of carbonyl (C=O) groups is 1. The zero-order valence-corrected chi connectivity index (χ0v) is 22.8. The predicted octanol–water partition coefficient (Wildman–Crippen LogP) is 7.54. The van der Waals surface area contributed by atoms with Crippen molar-refractivity contribution < 1.29 is 9.21 Å². The molecule has 0 aliphatic carbocycles. The van der Waals surface area contributed by atoms with Crippen LogP contribution in [-0.4, -0.2) is 27.7 Å². The van der Waals surface area contributed by atoms with Crippen molar-refractivity contribution in [3.8, 4) is 11.1 Å². The minimum Gasteiger partial charge on any atom is -0.444 e. The zero-order chi connectivity index (χ0) is 26.9. The van der Waals surface area contributed by atoms with Gasteiger partial charge < -0.3 is 9.40 Å². The monoisotopic (exact) mass is 597 g/mol. The summed E-state index contributed by atoms with van der Waals surface area (Å²) in [5.74, 6) is -0.257. The fourth-order valence-electron chi connectivity index (χ4n) is 4.80. The Morgan fingerprint density at radius 1 is 1.00 bits per heavy atom. The molecule has 1 aliphatic rings. The molecule has 0 unspecified atom stereocenters. The highest BCUT2D eigenvalue weighted by Crippen LogP contribution is 2.34. The number of rotatable bonds is 5. The van der Waals surface area contributed by atoms with Crippen LogP contribution in [0.15, 0.2) is 116 Å². The van der Waals surface area contributed by atoms with Crippen LogP contribution in [0.5, 0.6) is 0 Å². The topological polar surface area (TPSA) is 78.7 Å². The van der Waals surface area contributed by atoms with E-state index in [1.54, 1.807) is 24.3 Å². The van der Waals surface area contributed by atoms with Gasteiger partial charge in [0.1, 0.15) is 0 Å². The van der Waals surface area contributed by atoms with E-state index >= 15 is 0 Å². The molecule has 0 fully saturated rings. The maximum Gasteiger partial charge on any atom is 0.310 e. The van der Waals surface area contributed by atoms with Crippen LogP contribution in [0, 0.1) is 0 Å². The van der Waals surface area contributed by atoms with Crippen LogP contribution in [0.3, 0.4) is 0 Å². The number of pyridine rings is 1. The molecule has 39 heavy (non-hydrogen) atoms. The van der Waals surface area contributed by atoms with Gasteiger partial charge in [-0.3, -0.25) is 9.59 Å². The number of hydrazone groups is 1. The van der Waals surface area contributed by atoms with Crippen molar-refractivity contribution in [2.45, 2.75) is 12.5 Å². The molecule has 0 bridgehead atoms. The number of nitrogens with one attached hydrogen (secondary N) is 1. The highest BCUT2D eigenvalue weighted by atomic mass is 79.9. The van der Waals surface area contributed by atoms with Crippen molar-refractivity contribution in [3.05, 3.63) is 134 Å². The Hall–Kier alpha value is -4.20. The number of furan rings is 1. The van der Waals surface area contributed by atoms with Gasteiger partial charge in [0.2, 0.25) is 0 Å². The fraction of sp³-hybridized carbons (Fsp3) is 0.0645. The quantitative estimate of drug-likeness (QED) is 0.227. The number of nitrogens with zero attached hydrogens (tertiary/aromatic N) is 2. The van der Waals surface area contributed by atoms with E-state index in [1.165, 1.54) is 5.01 Å². The van der Waals surface area contributed by atoms with Crippen LogP contribution >= 0.6 is 27.5 Å². The number of benzene rings is 3. The average Bonchev–Trinajstić information content (AvgIpc) is 3.58. The predicted molar refractivity (Wildman–Crippen MR) is 158 cm³/mol. The third-order valence-electron chi connectivity index (χ3n) is 6.57. The molecule has 6 rings (SSSR count). The largest absolute Gasteiger partial charge is 0.444 e. The third-order valence-corrected chi connectivity index (χ3v) is 7.24. The first-order valence-corrected chi connectivity index (χ1v) is 13.5. The molecule has 1 N–H and O–H groups in total. The van der Waals surface area contributed by atoms with Gasteiger partial charge >= 0.3 is 5.91 Å². The van der Waals surface area contributed by atoms with E-state index in [1.807, 2.05) is 78.9 Å². The van der Waals surface area contributed by atoms with Crippen molar-refractivity contribution >= 4 is 56.1 Å². The second-order valence-electron chi connectivity index (χ2n) is 9.10. The lowest BCUT2D eigenvalue weighted by molar-refractivity contribution is 0.0708. The summed E-state index contributed by atoms with van der Waals surface area (Å²) in [5.41, 5.74) is 3.84. The summed E-state index contributed by atoms with van der Waals surface area (Å²) >= 11 is 9.65. The molecule has 6 nitrogen and oxygen atoms in total. The minimum absolute atomic E-state index is 0.146. The molecule has 1 aliphatic heterocycles. The molecular weight excluding hydrogens is 578 g/mol. The first kappa shape index (κ1) is 25.1. The summed E-state index contributed by atoms with van der Waals surface area (Å²) in [4.78, 5) is 30.1. The standard InChI is InChI=1S/C31H21BrClN3O3/c32-27-16-15-26(39-27)31(38)36-22(13-11-19-7-3-1-4-8-19)18-25(35-36)29-28(20-9-5-2-6-10-20)23-17-21(33)12-14-24(23)34-30(29)37/h1-17,22H,18H2,(H,34,37)/b13-11+/t22-/m1/s1. The van der Waals surface area contributed by atoms with E-state index in [2.05, 4.69) is 20.9 Å². The Morgan fingerprint density at radius 2 is 1.74 bits per heavy atom. The van der Waals surface area contributed by atoms with Gasteiger partial charge in [0.05, 0.1) is 17.3 Å². The van der Waals surface area contributed by atoms with E-state index < -0.39 is 11.9 Å². The molecule has 3 heterocycles. The average molecular weight is 599 g/mol. The lowest BCUT2D eigenvalue weighted by Gasteiger charge is -2.17. The van der Waals surface area contributed by atoms with Gasteiger partial charge in [0, 0.05) is 27.9 Å². The van der Waals surface area contributed by atoms with Gasteiger partial charge in [-0.15, -0.1) is 0 Å². The summed E-state index contributed by atoms with van der Waals surface area (Å²) in [5, 5.41) is 7.46. The number of aromatic amines is 1. The Balaban J connectivity index is 1.52. The summed E-state index contributed by atoms with van der Waals surface area (Å²) in [7, 11) is 0. The summed E-state index contributed by atoms with van der Waals surface area (Å²) in [6, 6.07) is 27.7. The number of hydrogen-bond donors (Lipinski definition) is 1. The molecule has 1 amide bonds. The van der Waals surface area contributed by atoms with Gasteiger partial charge in [0.25, 0.3) is 5.56 Å². The molecule has 3 aromatic carbocycles. The van der Waals surface area contributed by atoms with Crippen LogP contribution in [0.4, 0.5) is 0 Å². The molecule has 5 aromatic rings. The Bertz CT molecular complexity index is 1810. The normalized spacial score (nSPS) is 15.3. The number of carbonyl (C=O) groups excluding carboxylic acids is 1. The second-order valence-corrected chi connectivity index (χ2v) is 10.3. The zero-order valence-electron chi connectivity index (χ0n) is 20.5. The number of halogens is 2. The Morgan fingerprint density at radius 3 is 2.46 bits per heavy atom. The van der Waals surface area contributed by atoms with Crippen molar-refractivity contribution in [1.29, 1.82) is 0 Å². The third kappa shape index (κ3) is 4.99. The molecule has 0 saturated heterocycles. The Kier molecular flexibility index (Phi) is 6.77. The summed E-state index contributed by atoms with van der Waals surface area (Å²) in [6.45, 7) is 0. The van der Waals surface area contributed by atoms with Crippen molar-refractivity contribution in [1.82, 2.24) is 9.99 Å². The molecule has 0 saturated carbocycles. The summed E-state index contributed by atoms with van der Waals surface area (Å²) < 4.78 is 5.99. The van der Waals surface area contributed by atoms with Crippen LogP contribution < -0.4 is 5.56 Å². The van der Waals surface area contributed by atoms with E-state index in [-0.39, 0.29) is 11.3 Å². The van der Waals surface area contributed by atoms with E-state index in [0.717, 1.165) is 22.1 Å². The molecule has 2 aromatic heterocycles. The molecule has 0 radical (unpaired) electrons. The van der Waals surface area contributed by atoms with Crippen LogP contribution in [0.1, 0.15) is 28.1 Å². The van der Waals surface area contributed by atoms with Crippen molar-refractivity contribution in [2.24, 2.45) is 5.10 Å². The van der Waals surface area contributed by atoms with Crippen LogP contribution in [0.2, 0.25) is 5.02 Å². The number of fused-ring (bicyclic) bond motifs is 1. The van der Waals surface area contributed by atoms with E-state index in [9.17, 15) is 9.59 Å².